The summed E-state index contributed by atoms with van der Waals surface area (Å²) in [4.78, 5) is 12.0. The van der Waals surface area contributed by atoms with Crippen molar-refractivity contribution in [1.29, 1.82) is 0 Å². The molecule has 0 spiro atoms. The minimum absolute atomic E-state index is 0.0246. The molecule has 1 heterocycles. The molecule has 1 aliphatic rings. The highest BCUT2D eigenvalue weighted by Gasteiger charge is 2.23. The molecule has 3 rings (SSSR count). The van der Waals surface area contributed by atoms with Crippen LogP contribution in [0.3, 0.4) is 0 Å². The van der Waals surface area contributed by atoms with E-state index >= 15 is 0 Å². The maximum absolute atomic E-state index is 12.0. The van der Waals surface area contributed by atoms with Gasteiger partial charge in [0.2, 0.25) is 0 Å². The smallest absolute Gasteiger partial charge is 0.315 e. The van der Waals surface area contributed by atoms with E-state index in [2.05, 4.69) is 16.7 Å². The summed E-state index contributed by atoms with van der Waals surface area (Å²) in [5.41, 5.74) is 1.06. The van der Waals surface area contributed by atoms with Gasteiger partial charge in [-0.3, -0.25) is 0 Å². The van der Waals surface area contributed by atoms with E-state index in [1.165, 1.54) is 0 Å². The van der Waals surface area contributed by atoms with Crippen LogP contribution >= 0.6 is 0 Å². The van der Waals surface area contributed by atoms with Crippen molar-refractivity contribution in [2.45, 2.75) is 38.5 Å². The quantitative estimate of drug-likeness (QED) is 0.886. The number of hydrogen-bond donors (Lipinski definition) is 2. The van der Waals surface area contributed by atoms with Crippen LogP contribution in [0.2, 0.25) is 0 Å². The second-order valence-corrected chi connectivity index (χ2v) is 6.21. The lowest BCUT2D eigenvalue weighted by Gasteiger charge is -2.20. The number of benzene rings is 2. The number of rotatable bonds is 5. The Balaban J connectivity index is 1.55. The maximum Gasteiger partial charge on any atom is 0.315 e. The first-order chi connectivity index (χ1) is 11.7. The van der Waals surface area contributed by atoms with Crippen molar-refractivity contribution in [2.75, 3.05) is 13.7 Å². The van der Waals surface area contributed by atoms with Gasteiger partial charge in [0.15, 0.2) is 0 Å². The van der Waals surface area contributed by atoms with E-state index in [0.29, 0.717) is 6.54 Å². The van der Waals surface area contributed by atoms with Gasteiger partial charge in [-0.2, -0.15) is 0 Å². The van der Waals surface area contributed by atoms with Crippen LogP contribution in [0.25, 0.3) is 10.8 Å². The summed E-state index contributed by atoms with van der Waals surface area (Å²) in [6.45, 7) is 3.27. The van der Waals surface area contributed by atoms with Crippen molar-refractivity contribution >= 4 is 16.8 Å². The Labute approximate surface area is 142 Å². The molecule has 1 saturated heterocycles. The molecule has 128 valence electrons. The molecule has 1 aliphatic heterocycles. The SMILES string of the molecule is COc1ccc2cc(CNC(=O)N[C@@H](C)[C@H]3CCCO3)ccc2c1. The average molecular weight is 328 g/mol. The van der Waals surface area contributed by atoms with E-state index in [0.717, 1.165) is 41.5 Å². The van der Waals surface area contributed by atoms with E-state index in [9.17, 15) is 4.79 Å². The van der Waals surface area contributed by atoms with Crippen LogP contribution in [0.1, 0.15) is 25.3 Å². The normalized spacial score (nSPS) is 18.3. The molecule has 2 aromatic carbocycles. The molecule has 2 N–H and O–H groups in total. The Morgan fingerprint density at radius 3 is 2.83 bits per heavy atom. The first-order valence-electron chi connectivity index (χ1n) is 8.38. The van der Waals surface area contributed by atoms with Crippen LogP contribution in [0.15, 0.2) is 36.4 Å². The molecule has 0 saturated carbocycles. The standard InChI is InChI=1S/C19H24N2O3/c1-13(18-4-3-9-24-18)21-19(22)20-12-14-5-6-16-11-17(23-2)8-7-15(16)10-14/h5-8,10-11,13,18H,3-4,9,12H2,1-2H3,(H2,20,21,22)/t13-,18+/m0/s1. The molecule has 5 heteroatoms. The van der Waals surface area contributed by atoms with Gasteiger partial charge in [0.1, 0.15) is 5.75 Å². The second-order valence-electron chi connectivity index (χ2n) is 6.21. The fourth-order valence-electron chi connectivity index (χ4n) is 3.04. The van der Waals surface area contributed by atoms with Crippen molar-refractivity contribution in [2.24, 2.45) is 0 Å². The van der Waals surface area contributed by atoms with Gasteiger partial charge in [0, 0.05) is 13.2 Å². The number of amides is 2. The molecule has 2 atom stereocenters. The summed E-state index contributed by atoms with van der Waals surface area (Å²) in [5, 5.41) is 8.11. The minimum atomic E-state index is -0.159. The molecule has 5 nitrogen and oxygen atoms in total. The fraction of sp³-hybridized carbons (Fsp3) is 0.421. The van der Waals surface area contributed by atoms with Gasteiger partial charge >= 0.3 is 6.03 Å². The monoisotopic (exact) mass is 328 g/mol. The van der Waals surface area contributed by atoms with Crippen LogP contribution in [0.4, 0.5) is 4.79 Å². The molecular formula is C19H24N2O3. The topological polar surface area (TPSA) is 59.6 Å². The van der Waals surface area contributed by atoms with E-state index in [-0.39, 0.29) is 18.2 Å². The third kappa shape index (κ3) is 3.97. The lowest BCUT2D eigenvalue weighted by Crippen LogP contribution is -2.45. The van der Waals surface area contributed by atoms with Crippen molar-refractivity contribution in [1.82, 2.24) is 10.6 Å². The van der Waals surface area contributed by atoms with E-state index in [4.69, 9.17) is 9.47 Å². The van der Waals surface area contributed by atoms with Gasteiger partial charge in [-0.1, -0.05) is 18.2 Å². The Kier molecular flexibility index (Phi) is 5.20. The van der Waals surface area contributed by atoms with Gasteiger partial charge in [-0.15, -0.1) is 0 Å². The lowest BCUT2D eigenvalue weighted by atomic mass is 10.1. The molecule has 24 heavy (non-hydrogen) atoms. The molecule has 0 aliphatic carbocycles. The summed E-state index contributed by atoms with van der Waals surface area (Å²) in [6, 6.07) is 12.0. The third-order valence-corrected chi connectivity index (χ3v) is 4.45. The average Bonchev–Trinajstić information content (AvgIpc) is 3.14. The summed E-state index contributed by atoms with van der Waals surface area (Å²) < 4.78 is 10.8. The molecule has 0 bridgehead atoms. The van der Waals surface area contributed by atoms with Crippen LogP contribution < -0.4 is 15.4 Å². The van der Waals surface area contributed by atoms with Crippen LogP contribution in [0, 0.1) is 0 Å². The zero-order valence-corrected chi connectivity index (χ0v) is 14.2. The zero-order chi connectivity index (χ0) is 16.9. The predicted octanol–water partition coefficient (Wildman–Crippen LogP) is 3.22. The highest BCUT2D eigenvalue weighted by molar-refractivity contribution is 5.84. The first-order valence-corrected chi connectivity index (χ1v) is 8.38. The number of carbonyl (C=O) groups is 1. The van der Waals surface area contributed by atoms with Crippen molar-refractivity contribution in [3.8, 4) is 5.75 Å². The predicted molar refractivity (Wildman–Crippen MR) is 94.3 cm³/mol. The number of ether oxygens (including phenoxy) is 2. The van der Waals surface area contributed by atoms with Gasteiger partial charge < -0.3 is 20.1 Å². The zero-order valence-electron chi connectivity index (χ0n) is 14.2. The number of carbonyl (C=O) groups excluding carboxylic acids is 1. The highest BCUT2D eigenvalue weighted by atomic mass is 16.5. The van der Waals surface area contributed by atoms with Gasteiger partial charge in [0.25, 0.3) is 0 Å². The van der Waals surface area contributed by atoms with Crippen molar-refractivity contribution < 1.29 is 14.3 Å². The Hall–Kier alpha value is -2.27. The van der Waals surface area contributed by atoms with Gasteiger partial charge in [0.05, 0.1) is 19.3 Å². The Morgan fingerprint density at radius 1 is 1.29 bits per heavy atom. The van der Waals surface area contributed by atoms with Gasteiger partial charge in [-0.05, 0) is 54.3 Å². The minimum Gasteiger partial charge on any atom is -0.497 e. The first kappa shape index (κ1) is 16.6. The molecule has 0 aromatic heterocycles. The van der Waals surface area contributed by atoms with Crippen LogP contribution in [-0.2, 0) is 11.3 Å². The highest BCUT2D eigenvalue weighted by Crippen LogP contribution is 2.21. The molecule has 2 aromatic rings. The summed E-state index contributed by atoms with van der Waals surface area (Å²) in [6.07, 6.45) is 2.21. The molecule has 2 amide bonds. The molecule has 0 radical (unpaired) electrons. The second kappa shape index (κ2) is 7.53. The van der Waals surface area contributed by atoms with E-state index in [1.54, 1.807) is 7.11 Å². The summed E-state index contributed by atoms with van der Waals surface area (Å²) >= 11 is 0. The van der Waals surface area contributed by atoms with Crippen LogP contribution in [-0.4, -0.2) is 31.9 Å². The lowest BCUT2D eigenvalue weighted by molar-refractivity contribution is 0.0860. The Morgan fingerprint density at radius 2 is 2.08 bits per heavy atom. The number of methoxy groups -OCH3 is 1. The maximum atomic E-state index is 12.0. The van der Waals surface area contributed by atoms with E-state index in [1.807, 2.05) is 37.3 Å². The summed E-state index contributed by atoms with van der Waals surface area (Å²) in [5.74, 6) is 0.843. The largest absolute Gasteiger partial charge is 0.497 e. The van der Waals surface area contributed by atoms with Crippen molar-refractivity contribution in [3.63, 3.8) is 0 Å². The van der Waals surface area contributed by atoms with Gasteiger partial charge in [-0.25, -0.2) is 4.79 Å². The fourth-order valence-corrected chi connectivity index (χ4v) is 3.04. The number of hydrogen-bond acceptors (Lipinski definition) is 3. The molecule has 1 fully saturated rings. The Bertz CT molecular complexity index is 711. The van der Waals surface area contributed by atoms with E-state index < -0.39 is 0 Å². The third-order valence-electron chi connectivity index (χ3n) is 4.45. The number of nitrogens with one attached hydrogen (secondary N) is 2. The van der Waals surface area contributed by atoms with Crippen LogP contribution in [0.5, 0.6) is 5.75 Å². The summed E-state index contributed by atoms with van der Waals surface area (Å²) in [7, 11) is 1.66. The molecule has 0 unspecified atom stereocenters. The number of urea groups is 1. The number of fused-ring (bicyclic) bond motifs is 1. The molecular weight excluding hydrogens is 304 g/mol. The van der Waals surface area contributed by atoms with Crippen molar-refractivity contribution in [3.05, 3.63) is 42.0 Å².